The molecule has 0 aliphatic carbocycles. The maximum Gasteiger partial charge on any atom is 0.387 e. The largest absolute Gasteiger partial charge is 0.435 e. The normalized spacial score (nSPS) is 27.8. The predicted molar refractivity (Wildman–Crippen MR) is 163 cm³/mol. The van der Waals surface area contributed by atoms with E-state index in [9.17, 15) is 42.0 Å². The molecular weight excluding hydrogens is 645 g/mol. The van der Waals surface area contributed by atoms with Crippen LogP contribution in [0.4, 0.5) is 24.5 Å². The van der Waals surface area contributed by atoms with Gasteiger partial charge in [-0.05, 0) is 72.9 Å². The van der Waals surface area contributed by atoms with Crippen molar-refractivity contribution in [2.45, 2.75) is 74.1 Å². The van der Waals surface area contributed by atoms with Crippen molar-refractivity contribution in [3.8, 4) is 16.9 Å². The number of benzene rings is 3. The van der Waals surface area contributed by atoms with E-state index in [1.165, 1.54) is 16.4 Å². The number of rotatable bonds is 8. The topological polar surface area (TPSA) is 149 Å². The molecule has 1 unspecified atom stereocenters. The first-order valence-electron chi connectivity index (χ1n) is 15.1. The predicted octanol–water partition coefficient (Wildman–Crippen LogP) is 2.77. The summed E-state index contributed by atoms with van der Waals surface area (Å²) in [5.41, 5.74) is 2.22. The van der Waals surface area contributed by atoms with Crippen molar-refractivity contribution in [1.29, 1.82) is 0 Å². The lowest BCUT2D eigenvalue weighted by molar-refractivity contribution is -0.312. The number of piperidine rings is 1. The summed E-state index contributed by atoms with van der Waals surface area (Å²) in [5, 5.41) is 40.4. The molecule has 3 aromatic rings. The summed E-state index contributed by atoms with van der Waals surface area (Å²) in [4.78, 5) is 2.09. The number of aliphatic hydroxyl groups excluding tert-OH is 4. The fourth-order valence-corrected chi connectivity index (χ4v) is 8.08. The molecule has 0 radical (unpaired) electrons. The van der Waals surface area contributed by atoms with Crippen LogP contribution in [0.2, 0.25) is 0 Å². The zero-order chi connectivity index (χ0) is 33.6. The van der Waals surface area contributed by atoms with E-state index < -0.39 is 71.9 Å². The molecule has 47 heavy (non-hydrogen) atoms. The van der Waals surface area contributed by atoms with Crippen LogP contribution in [0.25, 0.3) is 11.1 Å². The average molecular weight is 681 g/mol. The molecule has 11 nitrogen and oxygen atoms in total. The lowest BCUT2D eigenvalue weighted by Crippen LogP contribution is -2.61. The molecule has 4 N–H and O–H groups in total. The zero-order valence-corrected chi connectivity index (χ0v) is 26.0. The minimum absolute atomic E-state index is 0.00976. The minimum atomic E-state index is -4.14. The standard InChI is InChI=1S/C32H35F3N2O9S/c1-17-3-2-4-24(9-17)47(42,43)37-15-21-14-22(44-31-30(41)29(40)28(39)27(16-38)46-31)7-8-36(21)25-6-5-18(12-26(25)37)19-10-20(33)13-23(11-19)45-32(34)35/h2-6,9-13,21-22,27-32,38-41H,7-8,14-16H2,1H3/t21-,22?,27+,28+,29-,30+,31+/m0/s1. The Bertz CT molecular complexity index is 1710. The second-order valence-electron chi connectivity index (χ2n) is 11.9. The third-order valence-electron chi connectivity index (χ3n) is 8.78. The zero-order valence-electron chi connectivity index (χ0n) is 25.2. The van der Waals surface area contributed by atoms with Crippen LogP contribution in [-0.4, -0.2) is 98.0 Å². The van der Waals surface area contributed by atoms with E-state index in [2.05, 4.69) is 4.74 Å². The smallest absolute Gasteiger partial charge is 0.387 e. The highest BCUT2D eigenvalue weighted by molar-refractivity contribution is 7.92. The van der Waals surface area contributed by atoms with E-state index in [-0.39, 0.29) is 22.8 Å². The molecule has 0 bridgehead atoms. The number of sulfonamides is 1. The number of nitrogens with zero attached hydrogens (tertiary/aromatic N) is 2. The Hall–Kier alpha value is -3.44. The number of hydrogen-bond donors (Lipinski definition) is 4. The lowest BCUT2D eigenvalue weighted by atomic mass is 9.94. The van der Waals surface area contributed by atoms with Crippen molar-refractivity contribution >= 4 is 21.4 Å². The van der Waals surface area contributed by atoms with E-state index in [1.807, 2.05) is 4.90 Å². The Balaban J connectivity index is 1.34. The number of anilines is 2. The molecule has 3 aliphatic heterocycles. The number of ether oxygens (including phenoxy) is 3. The molecule has 0 spiro atoms. The summed E-state index contributed by atoms with van der Waals surface area (Å²) in [7, 11) is -4.14. The van der Waals surface area contributed by atoms with Gasteiger partial charge in [-0.25, -0.2) is 12.8 Å². The summed E-state index contributed by atoms with van der Waals surface area (Å²) in [5.74, 6) is -1.18. The van der Waals surface area contributed by atoms with Crippen molar-refractivity contribution in [2.24, 2.45) is 0 Å². The molecular formula is C32H35F3N2O9S. The van der Waals surface area contributed by atoms with Crippen LogP contribution in [0, 0.1) is 12.7 Å². The summed E-state index contributed by atoms with van der Waals surface area (Å²) in [6.07, 6.45) is -7.01. The van der Waals surface area contributed by atoms with Gasteiger partial charge < -0.3 is 39.5 Å². The summed E-state index contributed by atoms with van der Waals surface area (Å²) in [6, 6.07) is 14.2. The average Bonchev–Trinajstić information content (AvgIpc) is 3.03. The Morgan fingerprint density at radius 2 is 1.77 bits per heavy atom. The van der Waals surface area contributed by atoms with Crippen LogP contribution in [0.1, 0.15) is 18.4 Å². The number of fused-ring (bicyclic) bond motifs is 3. The summed E-state index contributed by atoms with van der Waals surface area (Å²) >= 11 is 0. The van der Waals surface area contributed by atoms with Gasteiger partial charge in [0.15, 0.2) is 6.29 Å². The van der Waals surface area contributed by atoms with Gasteiger partial charge in [0.05, 0.1) is 41.6 Å². The van der Waals surface area contributed by atoms with Gasteiger partial charge in [-0.15, -0.1) is 0 Å². The van der Waals surface area contributed by atoms with Crippen molar-refractivity contribution in [3.05, 3.63) is 72.0 Å². The quantitative estimate of drug-likeness (QED) is 0.280. The minimum Gasteiger partial charge on any atom is -0.435 e. The van der Waals surface area contributed by atoms with Crippen LogP contribution < -0.4 is 13.9 Å². The van der Waals surface area contributed by atoms with Crippen LogP contribution in [0.5, 0.6) is 5.75 Å². The summed E-state index contributed by atoms with van der Waals surface area (Å²) in [6.45, 7) is -1.60. The number of aliphatic hydroxyl groups is 4. The maximum atomic E-state index is 14.4. The maximum absolute atomic E-state index is 14.4. The number of halogens is 3. The Morgan fingerprint density at radius 3 is 2.49 bits per heavy atom. The molecule has 3 aromatic carbocycles. The van der Waals surface area contributed by atoms with Crippen LogP contribution >= 0.6 is 0 Å². The molecule has 3 heterocycles. The van der Waals surface area contributed by atoms with Gasteiger partial charge in [-0.2, -0.15) is 8.78 Å². The van der Waals surface area contributed by atoms with E-state index in [0.717, 1.165) is 17.7 Å². The molecule has 0 aromatic heterocycles. The first-order valence-corrected chi connectivity index (χ1v) is 16.5. The third kappa shape index (κ3) is 6.66. The first kappa shape index (κ1) is 33.5. The molecule has 0 saturated carbocycles. The van der Waals surface area contributed by atoms with Crippen LogP contribution in [0.3, 0.4) is 0 Å². The highest BCUT2D eigenvalue weighted by atomic mass is 32.2. The molecule has 0 amide bonds. The lowest BCUT2D eigenvalue weighted by Gasteiger charge is -2.49. The molecule has 2 fully saturated rings. The van der Waals surface area contributed by atoms with Crippen molar-refractivity contribution in [3.63, 3.8) is 0 Å². The van der Waals surface area contributed by atoms with Crippen LogP contribution in [0.15, 0.2) is 65.6 Å². The highest BCUT2D eigenvalue weighted by Crippen LogP contribution is 2.44. The Labute approximate surface area is 269 Å². The second-order valence-corrected chi connectivity index (χ2v) is 13.8. The Morgan fingerprint density at radius 1 is 0.979 bits per heavy atom. The first-order chi connectivity index (χ1) is 22.3. The van der Waals surface area contributed by atoms with Gasteiger partial charge in [0.25, 0.3) is 10.0 Å². The number of alkyl halides is 2. The van der Waals surface area contributed by atoms with Gasteiger partial charge in [-0.1, -0.05) is 18.2 Å². The molecule has 254 valence electrons. The van der Waals surface area contributed by atoms with Gasteiger partial charge >= 0.3 is 6.61 Å². The Kier molecular flexibility index (Phi) is 9.41. The molecule has 6 rings (SSSR count). The molecule has 7 atom stereocenters. The third-order valence-corrected chi connectivity index (χ3v) is 10.6. The summed E-state index contributed by atoms with van der Waals surface area (Å²) < 4.78 is 85.9. The second kappa shape index (κ2) is 13.2. The van der Waals surface area contributed by atoms with E-state index in [0.29, 0.717) is 36.3 Å². The molecule has 2 saturated heterocycles. The number of hydrogen-bond acceptors (Lipinski definition) is 10. The monoisotopic (exact) mass is 680 g/mol. The van der Waals surface area contributed by atoms with E-state index in [1.54, 1.807) is 43.3 Å². The van der Waals surface area contributed by atoms with E-state index in [4.69, 9.17) is 9.47 Å². The fraction of sp³-hybridized carbons (Fsp3) is 0.438. The van der Waals surface area contributed by atoms with Crippen molar-refractivity contribution in [1.82, 2.24) is 0 Å². The fourth-order valence-electron chi connectivity index (χ4n) is 6.46. The van der Waals surface area contributed by atoms with Crippen molar-refractivity contribution < 1.29 is 56.2 Å². The van der Waals surface area contributed by atoms with Gasteiger partial charge in [0, 0.05) is 12.6 Å². The van der Waals surface area contributed by atoms with Gasteiger partial charge in [0.2, 0.25) is 0 Å². The van der Waals surface area contributed by atoms with Crippen LogP contribution in [-0.2, 0) is 19.5 Å². The highest BCUT2D eigenvalue weighted by Gasteiger charge is 2.46. The molecule has 3 aliphatic rings. The SMILES string of the molecule is Cc1cccc(S(=O)(=O)N2C[C@@H]3CC(O[C@@H]4O[C@H](CO)[C@@H](O)[C@H](O)[C@H]4O)CCN3c3ccc(-c4cc(F)cc(OC(F)F)c4)cc32)c1. The van der Waals surface area contributed by atoms with Gasteiger partial charge in [0.1, 0.15) is 36.0 Å². The van der Waals surface area contributed by atoms with E-state index >= 15 is 0 Å². The van der Waals surface area contributed by atoms with Gasteiger partial charge in [-0.3, -0.25) is 4.31 Å². The van der Waals surface area contributed by atoms with Crippen molar-refractivity contribution in [2.75, 3.05) is 28.9 Å². The molecule has 15 heteroatoms. The number of aryl methyl sites for hydroxylation is 1.